The minimum absolute atomic E-state index is 0. The van der Waals surface area contributed by atoms with Crippen molar-refractivity contribution in [2.24, 2.45) is 16.0 Å². The largest absolute Gasteiger partial charge is 3.00 e. The summed E-state index contributed by atoms with van der Waals surface area (Å²) < 4.78 is 0. The summed E-state index contributed by atoms with van der Waals surface area (Å²) in [7, 11) is 0. The van der Waals surface area contributed by atoms with E-state index in [0.29, 0.717) is 0 Å². The molecule has 0 spiro atoms. The monoisotopic (exact) mass is 169 g/mol. The van der Waals surface area contributed by atoms with Crippen LogP contribution in [0.3, 0.4) is 0 Å². The van der Waals surface area contributed by atoms with Gasteiger partial charge in [-0.15, -0.1) is 16.0 Å². The SMILES string of the molecule is N.O=N[O-].O=N[O-].O=N[O-].[N+3]. The lowest BCUT2D eigenvalue weighted by molar-refractivity contribution is 1.59. The Morgan fingerprint density at radius 2 is 0.727 bits per heavy atom. The van der Waals surface area contributed by atoms with Gasteiger partial charge in [0.15, 0.2) is 0 Å². The molecule has 0 aliphatic carbocycles. The molecule has 11 heavy (non-hydrogen) atoms. The zero-order valence-electron chi connectivity index (χ0n) is 4.95. The molecule has 0 bridgehead atoms. The lowest BCUT2D eigenvalue weighted by Gasteiger charge is -1.51. The van der Waals surface area contributed by atoms with Gasteiger partial charge in [-0.3, -0.25) is 0 Å². The van der Waals surface area contributed by atoms with Crippen molar-refractivity contribution in [3.05, 3.63) is 30.3 Å². The molecule has 0 aromatic heterocycles. The predicted molar refractivity (Wildman–Crippen MR) is 34.6 cm³/mol. The molecule has 0 heterocycles. The summed E-state index contributed by atoms with van der Waals surface area (Å²) in [6.07, 6.45) is 0. The first kappa shape index (κ1) is 36.7. The van der Waals surface area contributed by atoms with Crippen LogP contribution in [-0.2, 0) is 0 Å². The molecule has 0 amide bonds. The van der Waals surface area contributed by atoms with Gasteiger partial charge in [-0.05, 0) is 0 Å². The second-order valence-corrected chi connectivity index (χ2v) is 0.224. The highest BCUT2D eigenvalue weighted by atomic mass is 16.6. The Labute approximate surface area is 60.0 Å². The quantitative estimate of drug-likeness (QED) is 0.396. The molecule has 0 fully saturated rings. The first-order valence-electron chi connectivity index (χ1n) is 1.10. The number of hydrogen-bond acceptors (Lipinski definition) is 10. The van der Waals surface area contributed by atoms with Crippen molar-refractivity contribution in [3.63, 3.8) is 0 Å². The van der Waals surface area contributed by atoms with Gasteiger partial charge >= 0.3 is 6.15 Å². The van der Waals surface area contributed by atoms with E-state index in [9.17, 15) is 0 Å². The molecule has 0 aromatic rings. The molecular formula is H3N5O6. The zero-order chi connectivity index (χ0) is 8.12. The van der Waals surface area contributed by atoms with Crippen molar-refractivity contribution < 1.29 is 0 Å². The Balaban J connectivity index is -0.0000000150. The molecule has 0 saturated heterocycles. The maximum atomic E-state index is 8.00. The summed E-state index contributed by atoms with van der Waals surface area (Å²) in [5, 5.41) is 27.0. The Morgan fingerprint density at radius 3 is 0.727 bits per heavy atom. The summed E-state index contributed by atoms with van der Waals surface area (Å²) >= 11 is 0. The van der Waals surface area contributed by atoms with Crippen LogP contribution in [0.2, 0.25) is 0 Å². The maximum absolute atomic E-state index is 8.00. The molecule has 0 saturated carbocycles. The standard InChI is InChI=1S/3HNO2.H3N.N/c3*2-1-3;;/h3*(H,2,3);1H3;/q;;;;+3/p-3. The molecule has 0 aliphatic rings. The fourth-order valence-electron chi connectivity index (χ4n) is 0. The van der Waals surface area contributed by atoms with E-state index in [1.165, 1.54) is 0 Å². The Morgan fingerprint density at radius 1 is 0.727 bits per heavy atom. The average Bonchev–Trinajstić information content (AvgIpc) is 1.70. The third-order valence-electron chi connectivity index (χ3n) is 0. The third kappa shape index (κ3) is 59.8. The summed E-state index contributed by atoms with van der Waals surface area (Å²) in [5.74, 6) is 0. The second kappa shape index (κ2) is 491. The molecule has 3 N–H and O–H groups in total. The number of rotatable bonds is 0. The Kier molecular flexibility index (Phi) is 1640. The lowest BCUT2D eigenvalue weighted by atomic mass is 13.4. The molecule has 11 nitrogen and oxygen atoms in total. The molecule has 0 atom stereocenters. The van der Waals surface area contributed by atoms with E-state index in [1.807, 2.05) is 0 Å². The highest BCUT2D eigenvalue weighted by Crippen LogP contribution is 1.34. The van der Waals surface area contributed by atoms with Crippen LogP contribution in [0.5, 0.6) is 0 Å². The van der Waals surface area contributed by atoms with Crippen molar-refractivity contribution in [2.45, 2.75) is 0 Å². The van der Waals surface area contributed by atoms with Gasteiger partial charge in [0.25, 0.3) is 0 Å². The highest BCUT2D eigenvalue weighted by molar-refractivity contribution is 4.22. The second-order valence-electron chi connectivity index (χ2n) is 0.224. The minimum Gasteiger partial charge on any atom is -0.444 e. The molecule has 0 aliphatic heterocycles. The molecule has 0 aromatic carbocycles. The Bertz CT molecular complexity index is 47.7. The van der Waals surface area contributed by atoms with Gasteiger partial charge in [-0.25, -0.2) is 0 Å². The molecule has 11 heteroatoms. The normalized spacial score (nSPS) is 3.27. The lowest BCUT2D eigenvalue weighted by Crippen LogP contribution is -1.12. The van der Waals surface area contributed by atoms with Crippen molar-refractivity contribution in [1.82, 2.24) is 12.3 Å². The predicted octanol–water partition coefficient (Wildman–Crippen LogP) is 0.433. The van der Waals surface area contributed by atoms with E-state index in [4.69, 9.17) is 30.3 Å². The van der Waals surface area contributed by atoms with Crippen LogP contribution in [0.1, 0.15) is 0 Å². The number of nitrogens with zero attached hydrogens (tertiary/aromatic N) is 4. The van der Waals surface area contributed by atoms with Crippen LogP contribution in [-0.4, -0.2) is 0 Å². The van der Waals surface area contributed by atoms with E-state index in [0.717, 1.165) is 16.0 Å². The Hall–Kier alpha value is -2.13. The molecule has 2 radical (unpaired) electrons. The van der Waals surface area contributed by atoms with Gasteiger partial charge < -0.3 is 36.5 Å². The van der Waals surface area contributed by atoms with Crippen LogP contribution in [0.25, 0.3) is 0 Å². The van der Waals surface area contributed by atoms with E-state index >= 15 is 0 Å². The maximum Gasteiger partial charge on any atom is 3.00 e. The highest BCUT2D eigenvalue weighted by Gasteiger charge is 3.00. The topological polar surface area (TPSA) is 223 Å². The van der Waals surface area contributed by atoms with Gasteiger partial charge in [0.2, 0.25) is 0 Å². The van der Waals surface area contributed by atoms with Gasteiger partial charge in [0.1, 0.15) is 0 Å². The van der Waals surface area contributed by atoms with Gasteiger partial charge in [0, 0.05) is 0 Å². The minimum atomic E-state index is 0. The summed E-state index contributed by atoms with van der Waals surface area (Å²) in [4.78, 5) is 24.0. The van der Waals surface area contributed by atoms with E-state index in [2.05, 4.69) is 0 Å². The average molecular weight is 169 g/mol. The van der Waals surface area contributed by atoms with Crippen LogP contribution in [0.4, 0.5) is 0 Å². The molecule has 64 valence electrons. The summed E-state index contributed by atoms with van der Waals surface area (Å²) in [5.41, 5.74) is 0. The molecule has 0 rings (SSSR count). The molecular weight excluding hydrogens is 166 g/mol. The van der Waals surface area contributed by atoms with Crippen molar-refractivity contribution >= 4 is 0 Å². The first-order valence-corrected chi connectivity index (χ1v) is 1.10. The van der Waals surface area contributed by atoms with E-state index < -0.39 is 0 Å². The van der Waals surface area contributed by atoms with Gasteiger partial charge in [-0.1, -0.05) is 0 Å². The van der Waals surface area contributed by atoms with Crippen LogP contribution < -0.4 is 12.3 Å². The third-order valence-corrected chi connectivity index (χ3v) is 0. The zero-order valence-corrected chi connectivity index (χ0v) is 4.95. The summed E-state index contributed by atoms with van der Waals surface area (Å²) in [6, 6.07) is 0. The molecule has 0 unspecified atom stereocenters. The van der Waals surface area contributed by atoms with Crippen molar-refractivity contribution in [2.75, 3.05) is 0 Å². The van der Waals surface area contributed by atoms with Crippen molar-refractivity contribution in [1.29, 1.82) is 0 Å². The van der Waals surface area contributed by atoms with Crippen LogP contribution >= 0.6 is 0 Å². The van der Waals surface area contributed by atoms with Crippen LogP contribution in [0.15, 0.2) is 16.0 Å². The van der Waals surface area contributed by atoms with E-state index in [-0.39, 0.29) is 12.3 Å². The van der Waals surface area contributed by atoms with E-state index in [1.54, 1.807) is 0 Å². The van der Waals surface area contributed by atoms with Crippen molar-refractivity contribution in [3.8, 4) is 0 Å². The van der Waals surface area contributed by atoms with Crippen LogP contribution in [0, 0.1) is 30.3 Å². The van der Waals surface area contributed by atoms with Gasteiger partial charge in [0.05, 0.1) is 0 Å². The number of hydrogen-bond donors (Lipinski definition) is 1. The summed E-state index contributed by atoms with van der Waals surface area (Å²) in [6.45, 7) is 0. The van der Waals surface area contributed by atoms with Gasteiger partial charge in [-0.2, -0.15) is 0 Å². The fourth-order valence-corrected chi connectivity index (χ4v) is 0. The first-order chi connectivity index (χ1) is 4.24. The smallest absolute Gasteiger partial charge is 0.444 e. The fraction of sp³-hybridized carbons (Fsp3) is 0.